The average Bonchev–Trinajstić information content (AvgIpc) is 3.41. The maximum atomic E-state index is 12.1. The highest BCUT2D eigenvalue weighted by molar-refractivity contribution is 7.10. The summed E-state index contributed by atoms with van der Waals surface area (Å²) in [5.74, 6) is 1.20. The first-order valence-electron chi connectivity index (χ1n) is 12.4. The summed E-state index contributed by atoms with van der Waals surface area (Å²) in [6.45, 7) is 8.94. The van der Waals surface area contributed by atoms with Crippen LogP contribution < -0.4 is 0 Å². The number of aliphatic hydroxyl groups excluding tert-OH is 1. The molecular weight excluding hydrogens is 408 g/mol. The number of rotatable bonds is 1. The van der Waals surface area contributed by atoms with Gasteiger partial charge in [0.2, 0.25) is 0 Å². The van der Waals surface area contributed by atoms with Crippen LogP contribution in [0, 0.1) is 34.5 Å². The standard InChI is InChI=1S/C26H38O4S/c1-23(2)29-21-18-14-15(27)7-10-24(18,3)16-8-11-25(4)17(20(16)22(21)30-23)9-12-26(25,28)19-6-5-13-31-19/h5-6,13,15-18,20-22,27-28H,7-12,14H2,1-4H3/t15-,16-,17-,18+,20+,21+,22+,24+,25-,26+/m0/s1. The topological polar surface area (TPSA) is 58.9 Å². The van der Waals surface area contributed by atoms with E-state index < -0.39 is 11.4 Å². The number of aliphatic hydroxyl groups is 2. The molecule has 5 heteroatoms. The summed E-state index contributed by atoms with van der Waals surface area (Å²) in [7, 11) is 0. The third-order valence-electron chi connectivity index (χ3n) is 10.6. The molecule has 2 heterocycles. The second-order valence-corrected chi connectivity index (χ2v) is 13.2. The maximum Gasteiger partial charge on any atom is 0.163 e. The summed E-state index contributed by atoms with van der Waals surface area (Å²) in [4.78, 5) is 1.14. The molecule has 172 valence electrons. The van der Waals surface area contributed by atoms with E-state index in [1.165, 1.54) is 0 Å². The SMILES string of the molecule is CC1(C)O[C@H]2[C@H](O1)[C@H]1C[C@@H](O)CC[C@]1(C)[C@H]1CC[C@@]3(C)[C@@H](CC[C@@]3(O)c3cccs3)[C@H]21. The van der Waals surface area contributed by atoms with Gasteiger partial charge in [-0.15, -0.1) is 11.3 Å². The summed E-state index contributed by atoms with van der Waals surface area (Å²) < 4.78 is 13.3. The van der Waals surface area contributed by atoms with Crippen LogP contribution in [0.25, 0.3) is 0 Å². The summed E-state index contributed by atoms with van der Waals surface area (Å²) in [6.07, 6.45) is 6.83. The van der Waals surface area contributed by atoms with Crippen molar-refractivity contribution in [2.24, 2.45) is 34.5 Å². The zero-order valence-electron chi connectivity index (χ0n) is 19.3. The highest BCUT2D eigenvalue weighted by Crippen LogP contribution is 2.71. The van der Waals surface area contributed by atoms with Crippen molar-refractivity contribution in [1.29, 1.82) is 0 Å². The van der Waals surface area contributed by atoms with Crippen LogP contribution >= 0.6 is 11.3 Å². The molecule has 0 bridgehead atoms. The van der Waals surface area contributed by atoms with E-state index in [-0.39, 0.29) is 29.1 Å². The van der Waals surface area contributed by atoms with Crippen molar-refractivity contribution in [1.82, 2.24) is 0 Å². The van der Waals surface area contributed by atoms with Gasteiger partial charge in [0.15, 0.2) is 5.79 Å². The van der Waals surface area contributed by atoms with Crippen molar-refractivity contribution < 1.29 is 19.7 Å². The molecule has 5 aliphatic rings. The molecule has 31 heavy (non-hydrogen) atoms. The number of thiophene rings is 1. The van der Waals surface area contributed by atoms with Gasteiger partial charge in [-0.1, -0.05) is 19.9 Å². The Labute approximate surface area is 190 Å². The van der Waals surface area contributed by atoms with Crippen LogP contribution in [0.4, 0.5) is 0 Å². The number of fused-ring (bicyclic) bond motifs is 8. The van der Waals surface area contributed by atoms with E-state index in [9.17, 15) is 10.2 Å². The van der Waals surface area contributed by atoms with Crippen LogP contribution in [0.1, 0.15) is 77.5 Å². The van der Waals surface area contributed by atoms with Gasteiger partial charge in [0, 0.05) is 10.3 Å². The van der Waals surface area contributed by atoms with E-state index in [2.05, 4.69) is 45.2 Å². The van der Waals surface area contributed by atoms with Crippen LogP contribution in [0.15, 0.2) is 17.5 Å². The largest absolute Gasteiger partial charge is 0.393 e. The Morgan fingerprint density at radius 1 is 0.935 bits per heavy atom. The van der Waals surface area contributed by atoms with Gasteiger partial charge in [-0.3, -0.25) is 0 Å². The number of hydrogen-bond donors (Lipinski definition) is 2. The second kappa shape index (κ2) is 6.56. The Hall–Kier alpha value is -0.460. The van der Waals surface area contributed by atoms with Gasteiger partial charge in [0.25, 0.3) is 0 Å². The number of ether oxygens (including phenoxy) is 2. The molecule has 4 saturated carbocycles. The number of hydrogen-bond acceptors (Lipinski definition) is 5. The lowest BCUT2D eigenvalue weighted by molar-refractivity contribution is -0.205. The Kier molecular flexibility index (Phi) is 4.47. The predicted octanol–water partition coefficient (Wildman–Crippen LogP) is 5.08. The minimum Gasteiger partial charge on any atom is -0.393 e. The molecule has 1 aromatic heterocycles. The first kappa shape index (κ1) is 21.1. The molecule has 1 saturated heterocycles. The summed E-state index contributed by atoms with van der Waals surface area (Å²) >= 11 is 1.71. The molecule has 1 aliphatic heterocycles. The fraction of sp³-hybridized carbons (Fsp3) is 0.846. The van der Waals surface area contributed by atoms with Crippen LogP contribution in [-0.4, -0.2) is 34.3 Å². The zero-order chi connectivity index (χ0) is 21.8. The Balaban J connectivity index is 1.44. The minimum absolute atomic E-state index is 0.0500. The fourth-order valence-electron chi connectivity index (χ4n) is 9.10. The van der Waals surface area contributed by atoms with Crippen LogP contribution in [0.2, 0.25) is 0 Å². The van der Waals surface area contributed by atoms with E-state index >= 15 is 0 Å². The van der Waals surface area contributed by atoms with E-state index in [1.807, 2.05) is 0 Å². The third-order valence-corrected chi connectivity index (χ3v) is 11.6. The van der Waals surface area contributed by atoms with Gasteiger partial charge in [-0.05, 0) is 99.3 Å². The van der Waals surface area contributed by atoms with Crippen molar-refractivity contribution in [3.05, 3.63) is 22.4 Å². The zero-order valence-corrected chi connectivity index (χ0v) is 20.2. The molecule has 6 rings (SSSR count). The Morgan fingerprint density at radius 2 is 1.68 bits per heavy atom. The lowest BCUT2D eigenvalue weighted by Crippen LogP contribution is -2.64. The molecule has 0 aromatic carbocycles. The molecule has 0 spiro atoms. The monoisotopic (exact) mass is 446 g/mol. The summed E-state index contributed by atoms with van der Waals surface area (Å²) in [5, 5.41) is 24.7. The molecule has 10 atom stereocenters. The molecule has 1 aromatic rings. The van der Waals surface area contributed by atoms with Crippen molar-refractivity contribution in [3.63, 3.8) is 0 Å². The van der Waals surface area contributed by atoms with Crippen molar-refractivity contribution in [2.45, 2.75) is 102 Å². The van der Waals surface area contributed by atoms with E-state index in [0.717, 1.165) is 49.8 Å². The molecule has 2 N–H and O–H groups in total. The minimum atomic E-state index is -0.734. The fourth-order valence-corrected chi connectivity index (χ4v) is 10.1. The van der Waals surface area contributed by atoms with Gasteiger partial charge >= 0.3 is 0 Å². The van der Waals surface area contributed by atoms with Crippen molar-refractivity contribution in [2.75, 3.05) is 0 Å². The molecule has 4 aliphatic carbocycles. The molecule has 0 radical (unpaired) electrons. The van der Waals surface area contributed by atoms with Gasteiger partial charge in [0.05, 0.1) is 18.3 Å². The highest BCUT2D eigenvalue weighted by atomic mass is 32.1. The van der Waals surface area contributed by atoms with Gasteiger partial charge in [-0.25, -0.2) is 0 Å². The molecule has 5 fully saturated rings. The van der Waals surface area contributed by atoms with Crippen molar-refractivity contribution in [3.8, 4) is 0 Å². The first-order chi connectivity index (χ1) is 14.6. The summed E-state index contributed by atoms with van der Waals surface area (Å²) in [5.41, 5.74) is -0.682. The smallest absolute Gasteiger partial charge is 0.163 e. The summed E-state index contributed by atoms with van der Waals surface area (Å²) in [6, 6.07) is 4.21. The molecule has 4 nitrogen and oxygen atoms in total. The maximum absolute atomic E-state index is 12.1. The van der Waals surface area contributed by atoms with Crippen molar-refractivity contribution >= 4 is 11.3 Å². The predicted molar refractivity (Wildman–Crippen MR) is 121 cm³/mol. The van der Waals surface area contributed by atoms with Crippen LogP contribution in [-0.2, 0) is 15.1 Å². The van der Waals surface area contributed by atoms with Crippen LogP contribution in [0.5, 0.6) is 0 Å². The Bertz CT molecular complexity index is 854. The first-order valence-corrected chi connectivity index (χ1v) is 13.3. The van der Waals surface area contributed by atoms with E-state index in [0.29, 0.717) is 23.7 Å². The molecule has 0 unspecified atom stereocenters. The molecule has 0 amide bonds. The quantitative estimate of drug-likeness (QED) is 0.632. The highest BCUT2D eigenvalue weighted by Gasteiger charge is 2.71. The average molecular weight is 447 g/mol. The normalized spacial score (nSPS) is 55.2. The lowest BCUT2D eigenvalue weighted by Gasteiger charge is -2.63. The van der Waals surface area contributed by atoms with E-state index in [1.54, 1.807) is 11.3 Å². The van der Waals surface area contributed by atoms with E-state index in [4.69, 9.17) is 9.47 Å². The van der Waals surface area contributed by atoms with Gasteiger partial charge in [-0.2, -0.15) is 0 Å². The molecular formula is C26H38O4S. The Morgan fingerprint density at radius 3 is 2.42 bits per heavy atom. The van der Waals surface area contributed by atoms with Crippen LogP contribution in [0.3, 0.4) is 0 Å². The van der Waals surface area contributed by atoms with Gasteiger partial charge < -0.3 is 19.7 Å². The third kappa shape index (κ3) is 2.67. The van der Waals surface area contributed by atoms with Gasteiger partial charge in [0.1, 0.15) is 5.60 Å². The lowest BCUT2D eigenvalue weighted by atomic mass is 9.43. The second-order valence-electron chi connectivity index (χ2n) is 12.2.